The van der Waals surface area contributed by atoms with Gasteiger partial charge in [0, 0.05) is 20.2 Å². The van der Waals surface area contributed by atoms with Crippen molar-refractivity contribution in [3.63, 3.8) is 0 Å². The first kappa shape index (κ1) is 13.9. The first-order valence-electron chi connectivity index (χ1n) is 5.58. The second kappa shape index (κ2) is 7.18. The van der Waals surface area contributed by atoms with Gasteiger partial charge in [0.25, 0.3) is 10.2 Å². The van der Waals surface area contributed by atoms with Crippen LogP contribution >= 0.6 is 0 Å². The van der Waals surface area contributed by atoms with Crippen LogP contribution in [-0.4, -0.2) is 48.3 Å². The number of piperidine rings is 1. The number of rotatable bonds is 7. The van der Waals surface area contributed by atoms with Crippen molar-refractivity contribution in [1.82, 2.24) is 14.8 Å². The van der Waals surface area contributed by atoms with Crippen molar-refractivity contribution < 1.29 is 13.2 Å². The summed E-state index contributed by atoms with van der Waals surface area (Å²) < 4.78 is 32.7. The molecule has 1 aliphatic rings. The molecule has 0 saturated carbocycles. The van der Waals surface area contributed by atoms with Crippen molar-refractivity contribution in [3.8, 4) is 0 Å². The van der Waals surface area contributed by atoms with Crippen LogP contribution in [0, 0.1) is 5.92 Å². The molecule has 1 fully saturated rings. The Kier molecular flexibility index (Phi) is 6.22. The summed E-state index contributed by atoms with van der Waals surface area (Å²) in [5.74, 6) is 0.445. The van der Waals surface area contributed by atoms with Crippen LogP contribution in [-0.2, 0) is 14.9 Å². The average molecular weight is 251 g/mol. The van der Waals surface area contributed by atoms with Crippen LogP contribution in [0.15, 0.2) is 0 Å². The monoisotopic (exact) mass is 251 g/mol. The zero-order chi connectivity index (χ0) is 11.9. The maximum Gasteiger partial charge on any atom is 0.276 e. The van der Waals surface area contributed by atoms with Crippen molar-refractivity contribution in [1.29, 1.82) is 0 Å². The van der Waals surface area contributed by atoms with Gasteiger partial charge >= 0.3 is 0 Å². The number of methoxy groups -OCH3 is 1. The SMILES string of the molecule is COCCNS(=O)(=O)NCC1CCNCC1. The van der Waals surface area contributed by atoms with Crippen LogP contribution < -0.4 is 14.8 Å². The predicted molar refractivity (Wildman–Crippen MR) is 62.4 cm³/mol. The summed E-state index contributed by atoms with van der Waals surface area (Å²) in [7, 11) is -1.82. The molecule has 1 aliphatic heterocycles. The molecule has 1 rings (SSSR count). The molecule has 0 aromatic rings. The molecule has 0 radical (unpaired) electrons. The molecule has 0 aromatic heterocycles. The van der Waals surface area contributed by atoms with Gasteiger partial charge in [-0.05, 0) is 31.8 Å². The van der Waals surface area contributed by atoms with Crippen LogP contribution in [0.4, 0.5) is 0 Å². The summed E-state index contributed by atoms with van der Waals surface area (Å²) >= 11 is 0. The lowest BCUT2D eigenvalue weighted by Gasteiger charge is -2.22. The van der Waals surface area contributed by atoms with Crippen LogP contribution in [0.25, 0.3) is 0 Å². The maximum atomic E-state index is 11.5. The van der Waals surface area contributed by atoms with E-state index in [1.165, 1.54) is 7.11 Å². The van der Waals surface area contributed by atoms with E-state index < -0.39 is 10.2 Å². The fourth-order valence-corrected chi connectivity index (χ4v) is 2.55. The molecule has 0 amide bonds. The van der Waals surface area contributed by atoms with E-state index in [1.54, 1.807) is 0 Å². The molecule has 6 nitrogen and oxygen atoms in total. The van der Waals surface area contributed by atoms with Gasteiger partial charge in [0.05, 0.1) is 6.61 Å². The van der Waals surface area contributed by atoms with Crippen molar-refractivity contribution in [2.45, 2.75) is 12.8 Å². The quantitative estimate of drug-likeness (QED) is 0.510. The molecular formula is C9H21N3O3S. The van der Waals surface area contributed by atoms with Gasteiger partial charge in [0.15, 0.2) is 0 Å². The largest absolute Gasteiger partial charge is 0.383 e. The number of ether oxygens (including phenoxy) is 1. The number of nitrogens with one attached hydrogen (secondary N) is 3. The van der Waals surface area contributed by atoms with Crippen molar-refractivity contribution in [2.24, 2.45) is 5.92 Å². The molecular weight excluding hydrogens is 230 g/mol. The Labute approximate surface area is 97.3 Å². The highest BCUT2D eigenvalue weighted by molar-refractivity contribution is 7.87. The van der Waals surface area contributed by atoms with Crippen LogP contribution in [0.2, 0.25) is 0 Å². The summed E-state index contributed by atoms with van der Waals surface area (Å²) in [6.07, 6.45) is 2.06. The van der Waals surface area contributed by atoms with Gasteiger partial charge in [0.1, 0.15) is 0 Å². The van der Waals surface area contributed by atoms with Gasteiger partial charge in [0.2, 0.25) is 0 Å². The molecule has 1 heterocycles. The van der Waals surface area contributed by atoms with Gasteiger partial charge in [-0.3, -0.25) is 0 Å². The summed E-state index contributed by atoms with van der Waals surface area (Å²) in [6, 6.07) is 0. The fraction of sp³-hybridized carbons (Fsp3) is 1.00. The summed E-state index contributed by atoms with van der Waals surface area (Å²) in [4.78, 5) is 0. The van der Waals surface area contributed by atoms with Gasteiger partial charge in [-0.25, -0.2) is 4.72 Å². The van der Waals surface area contributed by atoms with E-state index >= 15 is 0 Å². The normalized spacial score (nSPS) is 18.8. The fourth-order valence-electron chi connectivity index (χ4n) is 1.64. The average Bonchev–Trinajstić information content (AvgIpc) is 2.28. The molecule has 0 aromatic carbocycles. The molecule has 1 saturated heterocycles. The second-order valence-corrected chi connectivity index (χ2v) is 5.52. The Morgan fingerprint density at radius 2 is 2.00 bits per heavy atom. The van der Waals surface area contributed by atoms with Crippen molar-refractivity contribution in [2.75, 3.05) is 39.9 Å². The van der Waals surface area contributed by atoms with E-state index in [4.69, 9.17) is 4.74 Å². The summed E-state index contributed by atoms with van der Waals surface area (Å²) in [6.45, 7) is 3.16. The molecule has 96 valence electrons. The topological polar surface area (TPSA) is 79.5 Å². The Morgan fingerprint density at radius 3 is 2.62 bits per heavy atom. The zero-order valence-corrected chi connectivity index (χ0v) is 10.5. The summed E-state index contributed by atoms with van der Waals surface area (Å²) in [5, 5.41) is 3.24. The molecule has 0 bridgehead atoms. The predicted octanol–water partition coefficient (Wildman–Crippen LogP) is -0.944. The molecule has 0 unspecified atom stereocenters. The minimum atomic E-state index is -3.35. The van der Waals surface area contributed by atoms with Crippen molar-refractivity contribution >= 4 is 10.2 Å². The minimum Gasteiger partial charge on any atom is -0.383 e. The first-order chi connectivity index (χ1) is 7.64. The molecule has 0 aliphatic carbocycles. The van der Waals surface area contributed by atoms with Crippen LogP contribution in [0.5, 0.6) is 0 Å². The Hall–Kier alpha value is -0.210. The zero-order valence-electron chi connectivity index (χ0n) is 9.66. The van der Waals surface area contributed by atoms with Gasteiger partial charge < -0.3 is 10.1 Å². The van der Waals surface area contributed by atoms with Gasteiger partial charge in [-0.15, -0.1) is 0 Å². The van der Waals surface area contributed by atoms with E-state index in [2.05, 4.69) is 14.8 Å². The number of hydrogen-bond acceptors (Lipinski definition) is 4. The van der Waals surface area contributed by atoms with Crippen LogP contribution in [0.1, 0.15) is 12.8 Å². The molecule has 3 N–H and O–H groups in total. The van der Waals surface area contributed by atoms with Gasteiger partial charge in [-0.2, -0.15) is 13.1 Å². The molecule has 7 heteroatoms. The van der Waals surface area contributed by atoms with E-state index in [1.807, 2.05) is 0 Å². The molecule has 0 atom stereocenters. The van der Waals surface area contributed by atoms with E-state index in [9.17, 15) is 8.42 Å². The lowest BCUT2D eigenvalue weighted by atomic mass is 9.99. The summed E-state index contributed by atoms with van der Waals surface area (Å²) in [5.41, 5.74) is 0. The lowest BCUT2D eigenvalue weighted by Crippen LogP contribution is -2.42. The highest BCUT2D eigenvalue weighted by Crippen LogP contribution is 2.09. The third-order valence-corrected chi connectivity index (χ3v) is 3.75. The first-order valence-corrected chi connectivity index (χ1v) is 7.06. The van der Waals surface area contributed by atoms with E-state index in [-0.39, 0.29) is 0 Å². The Bertz CT molecular complexity index is 276. The standard InChI is InChI=1S/C9H21N3O3S/c1-15-7-6-11-16(13,14)12-8-9-2-4-10-5-3-9/h9-12H,2-8H2,1H3. The maximum absolute atomic E-state index is 11.5. The molecule has 16 heavy (non-hydrogen) atoms. The lowest BCUT2D eigenvalue weighted by molar-refractivity contribution is 0.204. The Morgan fingerprint density at radius 1 is 1.31 bits per heavy atom. The number of hydrogen-bond donors (Lipinski definition) is 3. The third-order valence-electron chi connectivity index (χ3n) is 2.62. The Balaban J connectivity index is 2.18. The van der Waals surface area contributed by atoms with Crippen molar-refractivity contribution in [3.05, 3.63) is 0 Å². The molecule has 0 spiro atoms. The smallest absolute Gasteiger partial charge is 0.276 e. The van der Waals surface area contributed by atoms with E-state index in [0.717, 1.165) is 25.9 Å². The highest BCUT2D eigenvalue weighted by Gasteiger charge is 2.16. The van der Waals surface area contributed by atoms with E-state index in [0.29, 0.717) is 25.6 Å². The minimum absolute atomic E-state index is 0.304. The van der Waals surface area contributed by atoms with Crippen LogP contribution in [0.3, 0.4) is 0 Å². The highest BCUT2D eigenvalue weighted by atomic mass is 32.2. The third kappa shape index (κ3) is 5.76. The second-order valence-electron chi connectivity index (χ2n) is 3.93. The van der Waals surface area contributed by atoms with Gasteiger partial charge in [-0.1, -0.05) is 0 Å².